The van der Waals surface area contributed by atoms with Gasteiger partial charge in [0.2, 0.25) is 0 Å². The molecule has 0 fully saturated rings. The van der Waals surface area contributed by atoms with Crippen LogP contribution in [-0.4, -0.2) is 33.9 Å². The zero-order chi connectivity index (χ0) is 16.2. The Hall–Kier alpha value is -1.78. The molecule has 1 aromatic heterocycles. The van der Waals surface area contributed by atoms with Crippen LogP contribution < -0.4 is 4.90 Å². The third-order valence-electron chi connectivity index (χ3n) is 3.10. The first-order valence-electron chi connectivity index (χ1n) is 7.41. The summed E-state index contributed by atoms with van der Waals surface area (Å²) in [4.78, 5) is 13.1. The Morgan fingerprint density at radius 2 is 1.81 bits per heavy atom. The van der Waals surface area contributed by atoms with Gasteiger partial charge in [-0.2, -0.15) is 5.10 Å². The zero-order valence-corrected chi connectivity index (χ0v) is 13.9. The van der Waals surface area contributed by atoms with E-state index in [0.717, 1.165) is 30.2 Å². The van der Waals surface area contributed by atoms with Gasteiger partial charge in [-0.1, -0.05) is 27.7 Å². The monoisotopic (exact) mass is 293 g/mol. The van der Waals surface area contributed by atoms with Crippen molar-refractivity contribution in [3.05, 3.63) is 17.3 Å². The van der Waals surface area contributed by atoms with Crippen molar-refractivity contribution in [3.63, 3.8) is 0 Å². The van der Waals surface area contributed by atoms with Gasteiger partial charge in [0.1, 0.15) is 5.82 Å². The van der Waals surface area contributed by atoms with Gasteiger partial charge in [-0.25, -0.2) is 4.79 Å². The van der Waals surface area contributed by atoms with Gasteiger partial charge in [-0.05, 0) is 24.8 Å². The van der Waals surface area contributed by atoms with Gasteiger partial charge >= 0.3 is 5.97 Å². The van der Waals surface area contributed by atoms with E-state index in [1.54, 1.807) is 6.08 Å². The number of carboxylic acids is 1. The Balaban J connectivity index is 3.25. The molecule has 0 amide bonds. The summed E-state index contributed by atoms with van der Waals surface area (Å²) < 4.78 is 1.85. The van der Waals surface area contributed by atoms with Crippen LogP contribution >= 0.6 is 0 Å². The summed E-state index contributed by atoms with van der Waals surface area (Å²) in [7, 11) is 1.91. The minimum atomic E-state index is -0.941. The maximum Gasteiger partial charge on any atom is 0.328 e. The van der Waals surface area contributed by atoms with Crippen LogP contribution in [0.25, 0.3) is 6.08 Å². The highest BCUT2D eigenvalue weighted by molar-refractivity contribution is 5.87. The summed E-state index contributed by atoms with van der Waals surface area (Å²) in [6.07, 6.45) is 2.82. The molecular formula is C16H27N3O2. The normalized spacial score (nSPS) is 11.8. The lowest BCUT2D eigenvalue weighted by Crippen LogP contribution is -2.33. The second-order valence-corrected chi connectivity index (χ2v) is 6.31. The Kier molecular flexibility index (Phi) is 6.00. The summed E-state index contributed by atoms with van der Waals surface area (Å²) in [5.41, 5.74) is 1.74. The van der Waals surface area contributed by atoms with Crippen molar-refractivity contribution in [2.45, 2.75) is 34.6 Å². The molecule has 0 spiro atoms. The third-order valence-corrected chi connectivity index (χ3v) is 3.10. The van der Waals surface area contributed by atoms with E-state index in [1.807, 2.05) is 18.7 Å². The molecule has 0 aromatic carbocycles. The van der Waals surface area contributed by atoms with Crippen LogP contribution in [0.2, 0.25) is 0 Å². The van der Waals surface area contributed by atoms with Gasteiger partial charge in [0.15, 0.2) is 0 Å². The molecule has 0 unspecified atom stereocenters. The number of aliphatic carboxylic acids is 1. The van der Waals surface area contributed by atoms with E-state index in [1.165, 1.54) is 6.08 Å². The largest absolute Gasteiger partial charge is 0.478 e. The van der Waals surface area contributed by atoms with Gasteiger partial charge in [0, 0.05) is 31.8 Å². The van der Waals surface area contributed by atoms with E-state index in [-0.39, 0.29) is 0 Å². The average molecular weight is 293 g/mol. The Morgan fingerprint density at radius 3 is 2.24 bits per heavy atom. The van der Waals surface area contributed by atoms with Crippen LogP contribution in [0, 0.1) is 18.8 Å². The third kappa shape index (κ3) is 4.92. The summed E-state index contributed by atoms with van der Waals surface area (Å²) in [5.74, 6) is 1.10. The van der Waals surface area contributed by atoms with E-state index in [2.05, 4.69) is 37.7 Å². The maximum absolute atomic E-state index is 10.8. The van der Waals surface area contributed by atoms with Crippen LogP contribution in [0.4, 0.5) is 5.82 Å². The first kappa shape index (κ1) is 17.3. The molecule has 0 bridgehead atoms. The fraction of sp³-hybridized carbons (Fsp3) is 0.625. The average Bonchev–Trinajstić information content (AvgIpc) is 2.58. The van der Waals surface area contributed by atoms with Crippen LogP contribution in [-0.2, 0) is 11.8 Å². The van der Waals surface area contributed by atoms with Crippen molar-refractivity contribution in [2.75, 3.05) is 18.0 Å². The van der Waals surface area contributed by atoms with Gasteiger partial charge in [0.05, 0.1) is 5.69 Å². The van der Waals surface area contributed by atoms with Crippen molar-refractivity contribution in [1.82, 2.24) is 9.78 Å². The lowest BCUT2D eigenvalue weighted by atomic mass is 10.1. The van der Waals surface area contributed by atoms with E-state index in [4.69, 9.17) is 5.11 Å². The first-order valence-corrected chi connectivity index (χ1v) is 7.41. The maximum atomic E-state index is 10.8. The van der Waals surface area contributed by atoms with Crippen LogP contribution in [0.15, 0.2) is 6.08 Å². The van der Waals surface area contributed by atoms with Gasteiger partial charge in [0.25, 0.3) is 0 Å². The Labute approximate surface area is 127 Å². The summed E-state index contributed by atoms with van der Waals surface area (Å²) >= 11 is 0. The van der Waals surface area contributed by atoms with Crippen molar-refractivity contribution >= 4 is 17.9 Å². The molecule has 0 saturated heterocycles. The standard InChI is InChI=1S/C16H27N3O2/c1-11(2)9-19(10-12(3)4)16-14(7-8-15(20)21)13(5)17-18(16)6/h7-8,11-12H,9-10H2,1-6H3,(H,20,21)/b8-7+. The summed E-state index contributed by atoms with van der Waals surface area (Å²) in [6.45, 7) is 12.5. The molecule has 0 atom stereocenters. The number of carboxylic acid groups (broad SMARTS) is 1. The number of hydrogen-bond donors (Lipinski definition) is 1. The van der Waals surface area contributed by atoms with E-state index >= 15 is 0 Å². The molecular weight excluding hydrogens is 266 g/mol. The smallest absolute Gasteiger partial charge is 0.328 e. The number of nitrogens with zero attached hydrogens (tertiary/aromatic N) is 3. The molecule has 1 heterocycles. The van der Waals surface area contributed by atoms with Gasteiger partial charge in [-0.3, -0.25) is 4.68 Å². The minimum absolute atomic E-state index is 0.523. The SMILES string of the molecule is Cc1nn(C)c(N(CC(C)C)CC(C)C)c1/C=C/C(=O)O. The highest BCUT2D eigenvalue weighted by atomic mass is 16.4. The molecule has 0 aliphatic rings. The highest BCUT2D eigenvalue weighted by Gasteiger charge is 2.19. The first-order chi connectivity index (χ1) is 9.72. The molecule has 118 valence electrons. The van der Waals surface area contributed by atoms with Crippen molar-refractivity contribution in [2.24, 2.45) is 18.9 Å². The van der Waals surface area contributed by atoms with Gasteiger partial charge in [-0.15, -0.1) is 0 Å². The molecule has 1 aromatic rings. The summed E-state index contributed by atoms with van der Waals surface area (Å²) in [6, 6.07) is 0. The number of aromatic nitrogens is 2. The zero-order valence-electron chi connectivity index (χ0n) is 13.9. The fourth-order valence-electron chi connectivity index (χ4n) is 2.52. The predicted molar refractivity (Wildman–Crippen MR) is 86.5 cm³/mol. The Bertz CT molecular complexity index is 506. The van der Waals surface area contributed by atoms with Crippen molar-refractivity contribution in [3.8, 4) is 0 Å². The molecule has 0 aliphatic carbocycles. The summed E-state index contributed by atoms with van der Waals surface area (Å²) in [5, 5.41) is 13.3. The van der Waals surface area contributed by atoms with E-state index < -0.39 is 5.97 Å². The van der Waals surface area contributed by atoms with E-state index in [0.29, 0.717) is 11.8 Å². The highest BCUT2D eigenvalue weighted by Crippen LogP contribution is 2.26. The molecule has 1 rings (SSSR count). The second kappa shape index (κ2) is 7.29. The molecule has 5 heteroatoms. The number of anilines is 1. The van der Waals surface area contributed by atoms with Crippen LogP contribution in [0.5, 0.6) is 0 Å². The number of carbonyl (C=O) groups is 1. The lowest BCUT2D eigenvalue weighted by molar-refractivity contribution is -0.131. The number of hydrogen-bond acceptors (Lipinski definition) is 3. The molecule has 5 nitrogen and oxygen atoms in total. The lowest BCUT2D eigenvalue weighted by Gasteiger charge is -2.29. The van der Waals surface area contributed by atoms with Crippen LogP contribution in [0.3, 0.4) is 0 Å². The fourth-order valence-corrected chi connectivity index (χ4v) is 2.52. The van der Waals surface area contributed by atoms with E-state index in [9.17, 15) is 4.79 Å². The van der Waals surface area contributed by atoms with Crippen LogP contribution in [0.1, 0.15) is 39.0 Å². The molecule has 1 N–H and O–H groups in total. The minimum Gasteiger partial charge on any atom is -0.478 e. The van der Waals surface area contributed by atoms with Crippen molar-refractivity contribution in [1.29, 1.82) is 0 Å². The van der Waals surface area contributed by atoms with Gasteiger partial charge < -0.3 is 10.0 Å². The predicted octanol–water partition coefficient (Wildman–Crippen LogP) is 2.94. The second-order valence-electron chi connectivity index (χ2n) is 6.31. The number of aryl methyl sites for hydroxylation is 2. The number of rotatable bonds is 7. The molecule has 0 radical (unpaired) electrons. The molecule has 0 saturated carbocycles. The van der Waals surface area contributed by atoms with Crippen molar-refractivity contribution < 1.29 is 9.90 Å². The molecule has 0 aliphatic heterocycles. The molecule has 21 heavy (non-hydrogen) atoms. The quantitative estimate of drug-likeness (QED) is 0.785. The topological polar surface area (TPSA) is 58.4 Å². The Morgan fingerprint density at radius 1 is 1.29 bits per heavy atom.